The minimum atomic E-state index is -0.125. The van der Waals surface area contributed by atoms with Gasteiger partial charge in [-0.3, -0.25) is 14.7 Å². The minimum absolute atomic E-state index is 0.125. The zero-order chi connectivity index (χ0) is 30.8. The topological polar surface area (TPSA) is 128 Å². The van der Waals surface area contributed by atoms with Crippen molar-refractivity contribution >= 4 is 34.6 Å². The molecule has 2 aromatic heterocycles. The molecule has 230 valence electrons. The second-order valence-electron chi connectivity index (χ2n) is 10.6. The first-order valence-electron chi connectivity index (χ1n) is 15.0. The smallest absolute Gasteiger partial charge is 0.287 e. The van der Waals surface area contributed by atoms with E-state index in [1.54, 1.807) is 36.9 Å². The number of nitriles is 1. The van der Waals surface area contributed by atoms with E-state index < -0.39 is 0 Å². The van der Waals surface area contributed by atoms with Gasteiger partial charge in [0.15, 0.2) is 5.01 Å². The van der Waals surface area contributed by atoms with E-state index in [4.69, 9.17) is 14.7 Å². The highest BCUT2D eigenvalue weighted by Gasteiger charge is 2.29. The molecule has 2 aromatic carbocycles. The van der Waals surface area contributed by atoms with Crippen molar-refractivity contribution in [3.63, 3.8) is 0 Å². The average molecular weight is 623 g/mol. The number of fused-ring (bicyclic) bond motifs is 1. The van der Waals surface area contributed by atoms with Gasteiger partial charge in [0.2, 0.25) is 12.2 Å². The Labute approximate surface area is 266 Å². The molecule has 0 radical (unpaired) electrons. The molecule has 2 N–H and O–H groups in total. The van der Waals surface area contributed by atoms with Crippen LogP contribution in [0, 0.1) is 11.5 Å². The highest BCUT2D eigenvalue weighted by molar-refractivity contribution is 7.13. The van der Waals surface area contributed by atoms with E-state index >= 15 is 0 Å². The van der Waals surface area contributed by atoms with Crippen LogP contribution in [0.1, 0.15) is 26.7 Å². The lowest BCUT2D eigenvalue weighted by molar-refractivity contribution is 0.0358. The number of thiazole rings is 1. The first kappa shape index (κ1) is 30.2. The summed E-state index contributed by atoms with van der Waals surface area (Å²) < 4.78 is 11.5. The lowest BCUT2D eigenvalue weighted by Gasteiger charge is -2.26. The number of hydrogen-bond acceptors (Lipinski definition) is 9. The molecule has 0 saturated carbocycles. The van der Waals surface area contributed by atoms with Crippen LogP contribution in [-0.2, 0) is 17.7 Å². The molecule has 0 atom stereocenters. The van der Waals surface area contributed by atoms with Crippen LogP contribution in [0.25, 0.3) is 11.1 Å². The molecule has 0 spiro atoms. The molecule has 4 heterocycles. The molecule has 6 rings (SSSR count). The van der Waals surface area contributed by atoms with Gasteiger partial charge >= 0.3 is 0 Å². The Morgan fingerprint density at radius 2 is 1.96 bits per heavy atom. The summed E-state index contributed by atoms with van der Waals surface area (Å²) in [5, 5.41) is 15.7. The number of nitrogens with zero attached hydrogens (tertiary/aromatic N) is 6. The van der Waals surface area contributed by atoms with Gasteiger partial charge < -0.3 is 25.0 Å². The normalized spacial score (nSPS) is 14.9. The van der Waals surface area contributed by atoms with Crippen molar-refractivity contribution in [3.05, 3.63) is 88.6 Å². The molecule has 4 aromatic rings. The van der Waals surface area contributed by atoms with E-state index in [1.807, 2.05) is 29.2 Å². The number of carbonyl (C=O) groups is 1. The number of rotatable bonds is 10. The molecule has 0 aliphatic carbocycles. The summed E-state index contributed by atoms with van der Waals surface area (Å²) in [5.74, 6) is 1.02. The largest absolute Gasteiger partial charge is 0.494 e. The zero-order valence-electron chi connectivity index (χ0n) is 24.8. The summed E-state index contributed by atoms with van der Waals surface area (Å²) in [6.07, 6.45) is 8.50. The monoisotopic (exact) mass is 622 g/mol. The Kier molecular flexibility index (Phi) is 9.91. The Morgan fingerprint density at radius 3 is 2.80 bits per heavy atom. The fourth-order valence-electron chi connectivity index (χ4n) is 5.48. The molecular weight excluding hydrogens is 588 g/mol. The number of hydrogen-bond donors (Lipinski definition) is 2. The average Bonchev–Trinajstić information content (AvgIpc) is 3.74. The second kappa shape index (κ2) is 14.8. The number of amides is 1. The number of anilines is 2. The third-order valence-electron chi connectivity index (χ3n) is 7.68. The van der Waals surface area contributed by atoms with E-state index in [0.29, 0.717) is 30.7 Å². The third kappa shape index (κ3) is 7.64. The standard InChI is InChI=1S/C33H34N8O3S/c34-23-38-33(39-25-8-11-35-12-9-25)37-22-27-21-36-31(45-27)32(42)41-14-10-29-28(6-2-7-30(29)41)24-4-1-5-26(20-24)44-17-3-13-40-15-18-43-19-16-40/h1-2,4-9,11-12,20-21H,3,10,13-19,22H2,(H2,35,37,38,39). The highest BCUT2D eigenvalue weighted by Crippen LogP contribution is 2.38. The molecule has 1 fully saturated rings. The first-order valence-corrected chi connectivity index (χ1v) is 15.8. The van der Waals surface area contributed by atoms with Gasteiger partial charge in [0.25, 0.3) is 5.91 Å². The Bertz CT molecular complexity index is 1680. The molecule has 1 saturated heterocycles. The first-order chi connectivity index (χ1) is 22.2. The molecule has 1 amide bonds. The van der Waals surface area contributed by atoms with E-state index in [-0.39, 0.29) is 5.91 Å². The number of guanidine groups is 1. The summed E-state index contributed by atoms with van der Waals surface area (Å²) in [7, 11) is 0. The predicted octanol–water partition coefficient (Wildman–Crippen LogP) is 4.55. The Morgan fingerprint density at radius 1 is 1.11 bits per heavy atom. The SMILES string of the molecule is N#C/N=C(\NCc1cnc(C(=O)N2CCc3c(-c4cccc(OCCCN5CCOCC5)c4)cccc32)s1)Nc1ccncc1. The summed E-state index contributed by atoms with van der Waals surface area (Å²) in [6, 6.07) is 17.9. The van der Waals surface area contributed by atoms with Gasteiger partial charge in [0.1, 0.15) is 5.75 Å². The molecule has 11 nitrogen and oxygen atoms in total. The van der Waals surface area contributed by atoms with Crippen LogP contribution in [0.2, 0.25) is 0 Å². The Hall–Kier alpha value is -4.83. The fraction of sp³-hybridized carbons (Fsp3) is 0.303. The van der Waals surface area contributed by atoms with Crippen LogP contribution in [-0.4, -0.2) is 72.7 Å². The maximum atomic E-state index is 13.6. The minimum Gasteiger partial charge on any atom is -0.494 e. The highest BCUT2D eigenvalue weighted by atomic mass is 32.1. The van der Waals surface area contributed by atoms with E-state index in [1.165, 1.54) is 11.3 Å². The fourth-order valence-corrected chi connectivity index (χ4v) is 6.28. The number of nitrogens with one attached hydrogen (secondary N) is 2. The van der Waals surface area contributed by atoms with Crippen molar-refractivity contribution in [2.75, 3.05) is 56.2 Å². The molecular formula is C33H34N8O3S. The number of benzene rings is 2. The van der Waals surface area contributed by atoms with Crippen molar-refractivity contribution in [1.82, 2.24) is 20.2 Å². The van der Waals surface area contributed by atoms with Crippen molar-refractivity contribution in [2.45, 2.75) is 19.4 Å². The summed E-state index contributed by atoms with van der Waals surface area (Å²) in [4.78, 5) is 30.9. The number of ether oxygens (including phenoxy) is 2. The number of pyridine rings is 1. The quantitative estimate of drug-likeness (QED) is 0.113. The van der Waals surface area contributed by atoms with Gasteiger partial charge in [-0.25, -0.2) is 4.98 Å². The number of aliphatic imine (C=N–C) groups is 1. The maximum absolute atomic E-state index is 13.6. The second-order valence-corrected chi connectivity index (χ2v) is 11.7. The number of morpholine rings is 1. The lowest BCUT2D eigenvalue weighted by Crippen LogP contribution is -2.37. The molecule has 45 heavy (non-hydrogen) atoms. The van der Waals surface area contributed by atoms with Gasteiger partial charge in [-0.15, -0.1) is 16.3 Å². The van der Waals surface area contributed by atoms with E-state index in [2.05, 4.69) is 48.7 Å². The van der Waals surface area contributed by atoms with Crippen LogP contribution < -0.4 is 20.3 Å². The molecule has 2 aliphatic rings. The molecule has 12 heteroatoms. The van der Waals surface area contributed by atoms with E-state index in [0.717, 1.165) is 84.4 Å². The molecule has 0 bridgehead atoms. The van der Waals surface area contributed by atoms with E-state index in [9.17, 15) is 4.79 Å². The van der Waals surface area contributed by atoms with Crippen molar-refractivity contribution in [2.24, 2.45) is 4.99 Å². The lowest BCUT2D eigenvalue weighted by atomic mass is 9.98. The van der Waals surface area contributed by atoms with Gasteiger partial charge in [-0.05, 0) is 59.9 Å². The number of carbonyl (C=O) groups excluding carboxylic acids is 1. The van der Waals surface area contributed by atoms with Gasteiger partial charge in [-0.2, -0.15) is 5.26 Å². The van der Waals surface area contributed by atoms with Crippen LogP contribution in [0.3, 0.4) is 0 Å². The van der Waals surface area contributed by atoms with Gasteiger partial charge in [0.05, 0.1) is 26.4 Å². The summed E-state index contributed by atoms with van der Waals surface area (Å²) in [5.41, 5.74) is 4.99. The molecule has 0 unspecified atom stereocenters. The van der Waals surface area contributed by atoms with Crippen LogP contribution >= 0.6 is 11.3 Å². The van der Waals surface area contributed by atoms with Crippen molar-refractivity contribution in [1.29, 1.82) is 5.26 Å². The van der Waals surface area contributed by atoms with Crippen molar-refractivity contribution < 1.29 is 14.3 Å². The predicted molar refractivity (Wildman–Crippen MR) is 174 cm³/mol. The van der Waals surface area contributed by atoms with Crippen LogP contribution in [0.15, 0.2) is 78.2 Å². The van der Waals surface area contributed by atoms with Gasteiger partial charge in [0, 0.05) is 61.0 Å². The number of aromatic nitrogens is 2. The third-order valence-corrected chi connectivity index (χ3v) is 8.67. The van der Waals surface area contributed by atoms with Crippen molar-refractivity contribution in [3.8, 4) is 23.1 Å². The maximum Gasteiger partial charge on any atom is 0.287 e. The summed E-state index contributed by atoms with van der Waals surface area (Å²) in [6.45, 7) is 6.20. The zero-order valence-corrected chi connectivity index (χ0v) is 25.6. The Balaban J connectivity index is 1.08. The molecule has 2 aliphatic heterocycles. The summed E-state index contributed by atoms with van der Waals surface area (Å²) >= 11 is 1.32. The van der Waals surface area contributed by atoms with Gasteiger partial charge in [-0.1, -0.05) is 24.3 Å². The van der Waals surface area contributed by atoms with Crippen LogP contribution in [0.5, 0.6) is 5.75 Å². The van der Waals surface area contributed by atoms with Crippen LogP contribution in [0.4, 0.5) is 11.4 Å².